The van der Waals surface area contributed by atoms with Crippen molar-refractivity contribution in [1.82, 2.24) is 5.32 Å². The van der Waals surface area contributed by atoms with Crippen molar-refractivity contribution in [2.45, 2.75) is 43.9 Å². The molecule has 2 aliphatic heterocycles. The van der Waals surface area contributed by atoms with Crippen molar-refractivity contribution in [3.05, 3.63) is 34.9 Å². The predicted molar refractivity (Wildman–Crippen MR) is 80.1 cm³/mol. The number of nitrogens with one attached hydrogen (secondary N) is 1. The van der Waals surface area contributed by atoms with Crippen LogP contribution in [0.4, 0.5) is 0 Å². The standard InChI is InChI=1S/C16H22ClNO2/c1-12(13-3-2-4-14(17)9-13)18-15-5-7-20-16(10-15)6-8-19-11-16/h2-4,9,12,15,18H,5-8,10-11H2,1H3. The van der Waals surface area contributed by atoms with Gasteiger partial charge in [0.05, 0.1) is 12.2 Å². The molecule has 0 aliphatic carbocycles. The Kier molecular flexibility index (Phi) is 4.32. The first-order valence-electron chi connectivity index (χ1n) is 7.40. The van der Waals surface area contributed by atoms with E-state index < -0.39 is 0 Å². The lowest BCUT2D eigenvalue weighted by Gasteiger charge is -2.38. The minimum Gasteiger partial charge on any atom is -0.378 e. The summed E-state index contributed by atoms with van der Waals surface area (Å²) in [6, 6.07) is 8.86. The molecule has 2 fully saturated rings. The monoisotopic (exact) mass is 295 g/mol. The zero-order chi connectivity index (χ0) is 14.0. The second kappa shape index (κ2) is 6.02. The summed E-state index contributed by atoms with van der Waals surface area (Å²) in [7, 11) is 0. The summed E-state index contributed by atoms with van der Waals surface area (Å²) in [4.78, 5) is 0. The molecule has 4 heteroatoms. The third-order valence-electron chi connectivity index (χ3n) is 4.39. The van der Waals surface area contributed by atoms with Gasteiger partial charge in [-0.1, -0.05) is 23.7 Å². The van der Waals surface area contributed by atoms with Crippen molar-refractivity contribution < 1.29 is 9.47 Å². The van der Waals surface area contributed by atoms with Crippen LogP contribution in [0.5, 0.6) is 0 Å². The summed E-state index contributed by atoms with van der Waals surface area (Å²) in [5.74, 6) is 0. The highest BCUT2D eigenvalue weighted by Gasteiger charge is 2.41. The van der Waals surface area contributed by atoms with Crippen LogP contribution in [-0.2, 0) is 9.47 Å². The molecule has 110 valence electrons. The zero-order valence-electron chi connectivity index (χ0n) is 11.9. The number of hydrogen-bond donors (Lipinski definition) is 1. The molecule has 1 N–H and O–H groups in total. The normalized spacial score (nSPS) is 31.6. The summed E-state index contributed by atoms with van der Waals surface area (Å²) in [6.45, 7) is 4.59. The van der Waals surface area contributed by atoms with Crippen molar-refractivity contribution in [3.8, 4) is 0 Å². The van der Waals surface area contributed by atoms with Crippen molar-refractivity contribution in [3.63, 3.8) is 0 Å². The maximum Gasteiger partial charge on any atom is 0.0951 e. The fourth-order valence-electron chi connectivity index (χ4n) is 3.26. The molecule has 0 saturated carbocycles. The van der Waals surface area contributed by atoms with Gasteiger partial charge in [0.25, 0.3) is 0 Å². The van der Waals surface area contributed by atoms with E-state index in [1.54, 1.807) is 0 Å². The molecule has 3 nitrogen and oxygen atoms in total. The molecule has 1 aromatic carbocycles. The van der Waals surface area contributed by atoms with Gasteiger partial charge >= 0.3 is 0 Å². The number of halogens is 1. The number of hydrogen-bond acceptors (Lipinski definition) is 3. The van der Waals surface area contributed by atoms with Gasteiger partial charge in [-0.2, -0.15) is 0 Å². The Morgan fingerprint density at radius 1 is 1.40 bits per heavy atom. The zero-order valence-corrected chi connectivity index (χ0v) is 12.7. The molecule has 3 rings (SSSR count). The van der Waals surface area contributed by atoms with Crippen LogP contribution in [0, 0.1) is 0 Å². The summed E-state index contributed by atoms with van der Waals surface area (Å²) >= 11 is 6.07. The first-order valence-corrected chi connectivity index (χ1v) is 7.78. The van der Waals surface area contributed by atoms with E-state index in [2.05, 4.69) is 18.3 Å². The molecule has 1 spiro atoms. The third kappa shape index (κ3) is 3.17. The Hall–Kier alpha value is -0.610. The van der Waals surface area contributed by atoms with Crippen LogP contribution in [0.2, 0.25) is 5.02 Å². The molecule has 2 aliphatic rings. The van der Waals surface area contributed by atoms with E-state index in [9.17, 15) is 0 Å². The number of rotatable bonds is 3. The van der Waals surface area contributed by atoms with Gasteiger partial charge in [-0.15, -0.1) is 0 Å². The first-order chi connectivity index (χ1) is 9.67. The van der Waals surface area contributed by atoms with E-state index in [4.69, 9.17) is 21.1 Å². The van der Waals surface area contributed by atoms with Crippen LogP contribution in [0.15, 0.2) is 24.3 Å². The highest BCUT2D eigenvalue weighted by molar-refractivity contribution is 6.30. The van der Waals surface area contributed by atoms with Crippen molar-refractivity contribution in [2.24, 2.45) is 0 Å². The highest BCUT2D eigenvalue weighted by atomic mass is 35.5. The summed E-state index contributed by atoms with van der Waals surface area (Å²) < 4.78 is 11.5. The van der Waals surface area contributed by atoms with Crippen molar-refractivity contribution >= 4 is 11.6 Å². The topological polar surface area (TPSA) is 30.5 Å². The molecular formula is C16H22ClNO2. The van der Waals surface area contributed by atoms with E-state index in [0.29, 0.717) is 12.1 Å². The van der Waals surface area contributed by atoms with Gasteiger partial charge < -0.3 is 14.8 Å². The largest absolute Gasteiger partial charge is 0.378 e. The lowest BCUT2D eigenvalue weighted by atomic mass is 9.89. The smallest absolute Gasteiger partial charge is 0.0951 e. The summed E-state index contributed by atoms with van der Waals surface area (Å²) in [6.07, 6.45) is 3.13. The average Bonchev–Trinajstić information content (AvgIpc) is 2.87. The predicted octanol–water partition coefficient (Wildman–Crippen LogP) is 3.33. The fraction of sp³-hybridized carbons (Fsp3) is 0.625. The van der Waals surface area contributed by atoms with Crippen LogP contribution in [-0.4, -0.2) is 31.5 Å². The van der Waals surface area contributed by atoms with Crippen molar-refractivity contribution in [2.75, 3.05) is 19.8 Å². The summed E-state index contributed by atoms with van der Waals surface area (Å²) in [5, 5.41) is 4.51. The summed E-state index contributed by atoms with van der Waals surface area (Å²) in [5.41, 5.74) is 1.20. The highest BCUT2D eigenvalue weighted by Crippen LogP contribution is 2.33. The Morgan fingerprint density at radius 3 is 3.05 bits per heavy atom. The molecule has 0 radical (unpaired) electrons. The maximum absolute atomic E-state index is 6.07. The fourth-order valence-corrected chi connectivity index (χ4v) is 3.46. The first kappa shape index (κ1) is 14.3. The van der Waals surface area contributed by atoms with E-state index in [-0.39, 0.29) is 5.60 Å². The SMILES string of the molecule is CC(NC1CCOC2(CCOC2)C1)c1cccc(Cl)c1. The average molecular weight is 296 g/mol. The van der Waals surface area contributed by atoms with E-state index >= 15 is 0 Å². The van der Waals surface area contributed by atoms with Gasteiger partial charge in [-0.3, -0.25) is 0 Å². The van der Waals surface area contributed by atoms with Gasteiger partial charge in [0.15, 0.2) is 0 Å². The van der Waals surface area contributed by atoms with Gasteiger partial charge in [0.2, 0.25) is 0 Å². The lowest BCUT2D eigenvalue weighted by Crippen LogP contribution is -2.48. The van der Waals surface area contributed by atoms with Gasteiger partial charge in [-0.05, 0) is 37.5 Å². The molecule has 2 saturated heterocycles. The molecule has 0 amide bonds. The van der Waals surface area contributed by atoms with Crippen LogP contribution < -0.4 is 5.32 Å². The molecule has 2 heterocycles. The van der Waals surface area contributed by atoms with Gasteiger partial charge in [0, 0.05) is 36.7 Å². The molecule has 20 heavy (non-hydrogen) atoms. The molecule has 3 unspecified atom stereocenters. The molecule has 3 atom stereocenters. The van der Waals surface area contributed by atoms with Gasteiger partial charge in [-0.25, -0.2) is 0 Å². The number of ether oxygens (including phenoxy) is 2. The molecular weight excluding hydrogens is 274 g/mol. The number of benzene rings is 1. The quantitative estimate of drug-likeness (QED) is 0.928. The van der Waals surface area contributed by atoms with Crippen LogP contribution in [0.25, 0.3) is 0 Å². The van der Waals surface area contributed by atoms with Crippen LogP contribution in [0.1, 0.15) is 37.8 Å². The van der Waals surface area contributed by atoms with E-state index in [1.165, 1.54) is 5.56 Å². The lowest BCUT2D eigenvalue weighted by molar-refractivity contribution is -0.0902. The second-order valence-electron chi connectivity index (χ2n) is 5.97. The second-order valence-corrected chi connectivity index (χ2v) is 6.40. The van der Waals surface area contributed by atoms with Crippen LogP contribution in [0.3, 0.4) is 0 Å². The molecule has 0 bridgehead atoms. The minimum absolute atomic E-state index is 0.0377. The molecule has 1 aromatic rings. The van der Waals surface area contributed by atoms with Crippen LogP contribution >= 0.6 is 11.6 Å². The van der Waals surface area contributed by atoms with E-state index in [1.807, 2.05) is 18.2 Å². The van der Waals surface area contributed by atoms with Gasteiger partial charge in [0.1, 0.15) is 0 Å². The Bertz CT molecular complexity index is 460. The molecule has 0 aromatic heterocycles. The minimum atomic E-state index is -0.0377. The maximum atomic E-state index is 6.07. The Morgan fingerprint density at radius 2 is 2.30 bits per heavy atom. The Balaban J connectivity index is 1.62. The van der Waals surface area contributed by atoms with Crippen molar-refractivity contribution in [1.29, 1.82) is 0 Å². The Labute approximate surface area is 125 Å². The third-order valence-corrected chi connectivity index (χ3v) is 4.63. The van der Waals surface area contributed by atoms with E-state index in [0.717, 1.165) is 44.1 Å².